The third kappa shape index (κ3) is 6.51. The summed E-state index contributed by atoms with van der Waals surface area (Å²) in [6.45, 7) is 0.686. The molecule has 2 aliphatic rings. The van der Waals surface area contributed by atoms with Crippen LogP contribution in [-0.4, -0.2) is 86.9 Å². The zero-order chi connectivity index (χ0) is 26.4. The van der Waals surface area contributed by atoms with Crippen molar-refractivity contribution in [1.82, 2.24) is 15.1 Å². The molecule has 0 aromatic heterocycles. The van der Waals surface area contributed by atoms with Gasteiger partial charge in [0, 0.05) is 19.5 Å². The average molecular weight is 504 g/mol. The van der Waals surface area contributed by atoms with E-state index in [9.17, 15) is 34.2 Å². The van der Waals surface area contributed by atoms with Crippen LogP contribution in [0.5, 0.6) is 5.75 Å². The molecule has 3 rings (SSSR count). The third-order valence-corrected chi connectivity index (χ3v) is 6.66. The van der Waals surface area contributed by atoms with Crippen LogP contribution in [0.25, 0.3) is 0 Å². The molecule has 4 atom stereocenters. The van der Waals surface area contributed by atoms with Gasteiger partial charge in [-0.25, -0.2) is 4.79 Å². The standard InChI is InChI=1S/C24H33N5O7/c25-16(13-14-5-7-15(30)8-6-14)22(33)29-12-2-4-19(29)23(34)28-11-1-3-18(28)21(32)27-17(24(35)36)9-10-20(26)31/h5-8,16-19,30H,1-4,9-13,25H2,(H2,26,31)(H,27,32)(H,35,36). The first-order valence-electron chi connectivity index (χ1n) is 12.0. The number of likely N-dealkylation sites (tertiary alicyclic amines) is 2. The van der Waals surface area contributed by atoms with Crippen LogP contribution in [0, 0.1) is 0 Å². The molecule has 1 aromatic rings. The van der Waals surface area contributed by atoms with Gasteiger partial charge in [0.25, 0.3) is 0 Å². The lowest BCUT2D eigenvalue weighted by molar-refractivity contribution is -0.148. The van der Waals surface area contributed by atoms with Crippen LogP contribution in [0.4, 0.5) is 0 Å². The number of benzene rings is 1. The lowest BCUT2D eigenvalue weighted by Crippen LogP contribution is -2.56. The van der Waals surface area contributed by atoms with Gasteiger partial charge in [0.2, 0.25) is 23.6 Å². The molecule has 0 bridgehead atoms. The summed E-state index contributed by atoms with van der Waals surface area (Å²) in [6.07, 6.45) is 1.87. The zero-order valence-corrected chi connectivity index (χ0v) is 20.0. The molecule has 0 spiro atoms. The molecule has 4 unspecified atom stereocenters. The van der Waals surface area contributed by atoms with E-state index < -0.39 is 42.0 Å². The number of carbonyl (C=O) groups excluding carboxylic acids is 4. The molecule has 4 amide bonds. The van der Waals surface area contributed by atoms with Gasteiger partial charge < -0.3 is 36.8 Å². The highest BCUT2D eigenvalue weighted by atomic mass is 16.4. The minimum absolute atomic E-state index is 0.107. The van der Waals surface area contributed by atoms with Gasteiger partial charge in [-0.2, -0.15) is 0 Å². The number of aliphatic carboxylic acids is 1. The molecule has 196 valence electrons. The largest absolute Gasteiger partial charge is 0.508 e. The summed E-state index contributed by atoms with van der Waals surface area (Å²) in [5.74, 6) is -3.21. The Morgan fingerprint density at radius 2 is 1.61 bits per heavy atom. The summed E-state index contributed by atoms with van der Waals surface area (Å²) in [6, 6.07) is 2.59. The predicted molar refractivity (Wildman–Crippen MR) is 127 cm³/mol. The Labute approximate surface area is 208 Å². The predicted octanol–water partition coefficient (Wildman–Crippen LogP) is -0.921. The summed E-state index contributed by atoms with van der Waals surface area (Å²) in [5.41, 5.74) is 12.0. The van der Waals surface area contributed by atoms with Crippen molar-refractivity contribution in [3.63, 3.8) is 0 Å². The lowest BCUT2D eigenvalue weighted by atomic mass is 10.0. The lowest BCUT2D eigenvalue weighted by Gasteiger charge is -2.32. The summed E-state index contributed by atoms with van der Waals surface area (Å²) < 4.78 is 0. The number of carboxylic acids is 1. The van der Waals surface area contributed by atoms with Crippen LogP contribution in [0.2, 0.25) is 0 Å². The third-order valence-electron chi connectivity index (χ3n) is 6.66. The number of hydrogen-bond acceptors (Lipinski definition) is 7. The molecular formula is C24H33N5O7. The van der Waals surface area contributed by atoms with Gasteiger partial charge in [-0.3, -0.25) is 19.2 Å². The molecular weight excluding hydrogens is 470 g/mol. The number of nitrogens with two attached hydrogens (primary N) is 2. The van der Waals surface area contributed by atoms with Gasteiger partial charge in [0.05, 0.1) is 6.04 Å². The molecule has 12 nitrogen and oxygen atoms in total. The van der Waals surface area contributed by atoms with Crippen molar-refractivity contribution in [3.05, 3.63) is 29.8 Å². The van der Waals surface area contributed by atoms with Gasteiger partial charge in [-0.05, 0) is 56.2 Å². The van der Waals surface area contributed by atoms with E-state index in [1.165, 1.54) is 21.9 Å². The van der Waals surface area contributed by atoms with Gasteiger partial charge in [0.1, 0.15) is 23.9 Å². The maximum Gasteiger partial charge on any atom is 0.326 e. The number of phenolic OH excluding ortho intramolecular Hbond substituents is 1. The molecule has 0 saturated carbocycles. The maximum atomic E-state index is 13.4. The number of nitrogens with one attached hydrogen (secondary N) is 1. The molecule has 2 fully saturated rings. The van der Waals surface area contributed by atoms with Crippen molar-refractivity contribution in [1.29, 1.82) is 0 Å². The van der Waals surface area contributed by atoms with Crippen molar-refractivity contribution in [2.45, 2.75) is 69.1 Å². The Kier molecular flexibility index (Phi) is 8.86. The normalized spacial score (nSPS) is 21.1. The van der Waals surface area contributed by atoms with Gasteiger partial charge in [-0.1, -0.05) is 12.1 Å². The van der Waals surface area contributed by atoms with E-state index in [0.29, 0.717) is 38.8 Å². The van der Waals surface area contributed by atoms with E-state index in [1.54, 1.807) is 12.1 Å². The monoisotopic (exact) mass is 503 g/mol. The van der Waals surface area contributed by atoms with Crippen LogP contribution in [0.15, 0.2) is 24.3 Å². The number of amides is 4. The molecule has 0 radical (unpaired) electrons. The molecule has 1 aromatic carbocycles. The topological polar surface area (TPSA) is 196 Å². The van der Waals surface area contributed by atoms with E-state index in [1.807, 2.05) is 0 Å². The summed E-state index contributed by atoms with van der Waals surface area (Å²) in [7, 11) is 0. The Morgan fingerprint density at radius 3 is 2.22 bits per heavy atom. The fourth-order valence-electron chi connectivity index (χ4n) is 4.78. The second-order valence-corrected chi connectivity index (χ2v) is 9.26. The van der Waals surface area contributed by atoms with Crippen molar-refractivity contribution in [2.24, 2.45) is 11.5 Å². The highest BCUT2D eigenvalue weighted by Gasteiger charge is 2.43. The van der Waals surface area contributed by atoms with E-state index >= 15 is 0 Å². The second kappa shape index (κ2) is 11.8. The zero-order valence-electron chi connectivity index (χ0n) is 20.0. The number of carboxylic acid groups (broad SMARTS) is 1. The van der Waals surface area contributed by atoms with Crippen molar-refractivity contribution >= 4 is 29.6 Å². The molecule has 2 aliphatic heterocycles. The highest BCUT2D eigenvalue weighted by Crippen LogP contribution is 2.26. The first-order chi connectivity index (χ1) is 17.1. The van der Waals surface area contributed by atoms with E-state index in [-0.39, 0.29) is 36.8 Å². The van der Waals surface area contributed by atoms with Gasteiger partial charge in [0.15, 0.2) is 0 Å². The van der Waals surface area contributed by atoms with Crippen molar-refractivity contribution in [2.75, 3.05) is 13.1 Å². The number of rotatable bonds is 10. The first-order valence-corrected chi connectivity index (χ1v) is 12.0. The second-order valence-electron chi connectivity index (χ2n) is 9.26. The summed E-state index contributed by atoms with van der Waals surface area (Å²) >= 11 is 0. The number of carbonyl (C=O) groups is 5. The van der Waals surface area contributed by atoms with Crippen LogP contribution in [0.1, 0.15) is 44.1 Å². The molecule has 12 heteroatoms. The Morgan fingerprint density at radius 1 is 1.00 bits per heavy atom. The van der Waals surface area contributed by atoms with Crippen molar-refractivity contribution < 1.29 is 34.2 Å². The average Bonchev–Trinajstić information content (AvgIpc) is 3.52. The van der Waals surface area contributed by atoms with E-state index in [2.05, 4.69) is 5.32 Å². The molecule has 2 heterocycles. The maximum absolute atomic E-state index is 13.4. The Hall–Kier alpha value is -3.67. The quantitative estimate of drug-likeness (QED) is 0.270. The highest BCUT2D eigenvalue weighted by molar-refractivity contribution is 5.95. The number of hydrogen-bond donors (Lipinski definition) is 5. The van der Waals surface area contributed by atoms with E-state index in [4.69, 9.17) is 11.5 Å². The van der Waals surface area contributed by atoms with Gasteiger partial charge in [-0.15, -0.1) is 0 Å². The number of primary amides is 1. The first kappa shape index (κ1) is 26.9. The summed E-state index contributed by atoms with van der Waals surface area (Å²) in [4.78, 5) is 64.8. The van der Waals surface area contributed by atoms with Gasteiger partial charge >= 0.3 is 5.97 Å². The van der Waals surface area contributed by atoms with E-state index in [0.717, 1.165) is 5.56 Å². The smallest absolute Gasteiger partial charge is 0.326 e. The molecule has 36 heavy (non-hydrogen) atoms. The van der Waals surface area contributed by atoms with Crippen LogP contribution >= 0.6 is 0 Å². The SMILES string of the molecule is NC(=O)CCC(NC(=O)C1CCCN1C(=O)C1CCCN1C(=O)C(N)Cc1ccc(O)cc1)C(=O)O. The van der Waals surface area contributed by atoms with Crippen LogP contribution in [0.3, 0.4) is 0 Å². The Bertz CT molecular complexity index is 999. The van der Waals surface area contributed by atoms with Crippen LogP contribution < -0.4 is 16.8 Å². The fourth-order valence-corrected chi connectivity index (χ4v) is 4.78. The minimum Gasteiger partial charge on any atom is -0.508 e. The Balaban J connectivity index is 1.65. The van der Waals surface area contributed by atoms with Crippen molar-refractivity contribution in [3.8, 4) is 5.75 Å². The minimum atomic E-state index is -1.30. The molecule has 7 N–H and O–H groups in total. The fraction of sp³-hybridized carbons (Fsp3) is 0.542. The van der Waals surface area contributed by atoms with Crippen LogP contribution in [-0.2, 0) is 30.4 Å². The number of phenols is 1. The number of aromatic hydroxyl groups is 1. The molecule has 2 saturated heterocycles. The summed E-state index contributed by atoms with van der Waals surface area (Å²) in [5, 5.41) is 21.2. The number of nitrogens with zero attached hydrogens (tertiary/aromatic N) is 2. The molecule has 0 aliphatic carbocycles.